The number of carbonyl (C=O) groups excluding carboxylic acids is 1. The Morgan fingerprint density at radius 3 is 2.54 bits per heavy atom. The molecule has 0 saturated carbocycles. The van der Waals surface area contributed by atoms with Crippen LogP contribution in [0.5, 0.6) is 0 Å². The first-order chi connectivity index (χ1) is 12.6. The van der Waals surface area contributed by atoms with Gasteiger partial charge < -0.3 is 15.2 Å². The predicted octanol–water partition coefficient (Wildman–Crippen LogP) is 3.34. The van der Waals surface area contributed by atoms with Crippen LogP contribution >= 0.6 is 11.3 Å². The SMILES string of the molecule is O=C(NC1CCN(Cc2ccc(C(=O)O)s2)CC1)OCc1ccccc1. The van der Waals surface area contributed by atoms with Gasteiger partial charge in [0.1, 0.15) is 11.5 Å². The van der Waals surface area contributed by atoms with Gasteiger partial charge in [0.05, 0.1) is 0 Å². The Morgan fingerprint density at radius 1 is 1.15 bits per heavy atom. The zero-order valence-corrected chi connectivity index (χ0v) is 15.2. The molecule has 6 nitrogen and oxygen atoms in total. The van der Waals surface area contributed by atoms with Crippen LogP contribution in [0.4, 0.5) is 4.79 Å². The minimum absolute atomic E-state index is 0.118. The largest absolute Gasteiger partial charge is 0.477 e. The first kappa shape index (κ1) is 18.4. The third kappa shape index (κ3) is 5.31. The van der Waals surface area contributed by atoms with Crippen LogP contribution in [0.15, 0.2) is 42.5 Å². The molecule has 1 aliphatic heterocycles. The number of rotatable bonds is 6. The fraction of sp³-hybridized carbons (Fsp3) is 0.368. The lowest BCUT2D eigenvalue weighted by molar-refractivity contribution is 0.0702. The molecule has 7 heteroatoms. The van der Waals surface area contributed by atoms with Crippen LogP contribution in [0.25, 0.3) is 0 Å². The molecule has 3 rings (SSSR count). The summed E-state index contributed by atoms with van der Waals surface area (Å²) >= 11 is 1.32. The standard InChI is InChI=1S/C19H22N2O4S/c22-18(23)17-7-6-16(26-17)12-21-10-8-15(9-11-21)20-19(24)25-13-14-4-2-1-3-5-14/h1-7,15H,8-13H2,(H,20,24)(H,22,23). The van der Waals surface area contributed by atoms with E-state index in [1.807, 2.05) is 36.4 Å². The summed E-state index contributed by atoms with van der Waals surface area (Å²) in [6.45, 7) is 2.76. The average Bonchev–Trinajstić information content (AvgIpc) is 3.11. The van der Waals surface area contributed by atoms with Gasteiger partial charge in [-0.05, 0) is 30.5 Å². The number of likely N-dealkylation sites (tertiary alicyclic amines) is 1. The van der Waals surface area contributed by atoms with Gasteiger partial charge in [-0.1, -0.05) is 30.3 Å². The number of carbonyl (C=O) groups is 2. The van der Waals surface area contributed by atoms with Crippen LogP contribution in [-0.2, 0) is 17.9 Å². The number of piperidine rings is 1. The molecule has 0 spiro atoms. The molecule has 1 aromatic heterocycles. The lowest BCUT2D eigenvalue weighted by atomic mass is 10.1. The van der Waals surface area contributed by atoms with Crippen molar-refractivity contribution in [3.63, 3.8) is 0 Å². The third-order valence-electron chi connectivity index (χ3n) is 4.37. The van der Waals surface area contributed by atoms with Crippen LogP contribution < -0.4 is 5.32 Å². The first-order valence-electron chi connectivity index (χ1n) is 8.62. The lowest BCUT2D eigenvalue weighted by Gasteiger charge is -2.31. The van der Waals surface area contributed by atoms with Crippen molar-refractivity contribution in [1.29, 1.82) is 0 Å². The van der Waals surface area contributed by atoms with E-state index in [9.17, 15) is 9.59 Å². The second-order valence-corrected chi connectivity index (χ2v) is 7.50. The minimum atomic E-state index is -0.877. The van der Waals surface area contributed by atoms with E-state index < -0.39 is 5.97 Å². The number of benzene rings is 1. The molecule has 0 aliphatic carbocycles. The van der Waals surface area contributed by atoms with Crippen molar-refractivity contribution in [2.75, 3.05) is 13.1 Å². The van der Waals surface area contributed by atoms with Crippen molar-refractivity contribution in [3.05, 3.63) is 57.8 Å². The topological polar surface area (TPSA) is 78.9 Å². The highest BCUT2D eigenvalue weighted by Crippen LogP contribution is 2.20. The predicted molar refractivity (Wildman–Crippen MR) is 99.3 cm³/mol. The van der Waals surface area contributed by atoms with Gasteiger partial charge >= 0.3 is 12.1 Å². The normalized spacial score (nSPS) is 15.5. The number of nitrogens with zero attached hydrogens (tertiary/aromatic N) is 1. The van der Waals surface area contributed by atoms with Gasteiger partial charge in [-0.2, -0.15) is 0 Å². The summed E-state index contributed by atoms with van der Waals surface area (Å²) in [6, 6.07) is 13.2. The smallest absolute Gasteiger partial charge is 0.407 e. The molecule has 1 aliphatic rings. The fourth-order valence-electron chi connectivity index (χ4n) is 2.97. The van der Waals surface area contributed by atoms with Crippen molar-refractivity contribution < 1.29 is 19.4 Å². The number of hydrogen-bond acceptors (Lipinski definition) is 5. The number of amides is 1. The van der Waals surface area contributed by atoms with Gasteiger partial charge in [-0.3, -0.25) is 4.90 Å². The van der Waals surface area contributed by atoms with Gasteiger partial charge in [0.25, 0.3) is 0 Å². The highest BCUT2D eigenvalue weighted by atomic mass is 32.1. The Hall–Kier alpha value is -2.38. The summed E-state index contributed by atoms with van der Waals surface area (Å²) in [4.78, 5) is 26.6. The van der Waals surface area contributed by atoms with Gasteiger partial charge in [-0.15, -0.1) is 11.3 Å². The van der Waals surface area contributed by atoms with E-state index in [1.165, 1.54) is 11.3 Å². The maximum atomic E-state index is 11.9. The summed E-state index contributed by atoms with van der Waals surface area (Å²) in [5, 5.41) is 11.9. The first-order valence-corrected chi connectivity index (χ1v) is 9.43. The van der Waals surface area contributed by atoms with Gasteiger partial charge in [0, 0.05) is 30.6 Å². The molecular formula is C19H22N2O4S. The number of nitrogens with one attached hydrogen (secondary N) is 1. The molecule has 1 aromatic carbocycles. The molecule has 26 heavy (non-hydrogen) atoms. The molecule has 138 valence electrons. The van der Waals surface area contributed by atoms with Crippen LogP contribution in [0.3, 0.4) is 0 Å². The van der Waals surface area contributed by atoms with E-state index >= 15 is 0 Å². The second kappa shape index (κ2) is 8.82. The number of aromatic carboxylic acids is 1. The highest BCUT2D eigenvalue weighted by Gasteiger charge is 2.22. The lowest BCUT2D eigenvalue weighted by Crippen LogP contribution is -2.44. The van der Waals surface area contributed by atoms with Crippen molar-refractivity contribution in [2.45, 2.75) is 32.0 Å². The van der Waals surface area contributed by atoms with Crippen molar-refractivity contribution in [2.24, 2.45) is 0 Å². The number of hydrogen-bond donors (Lipinski definition) is 2. The van der Waals surface area contributed by atoms with E-state index in [0.717, 1.165) is 42.9 Å². The minimum Gasteiger partial charge on any atom is -0.477 e. The maximum Gasteiger partial charge on any atom is 0.407 e. The van der Waals surface area contributed by atoms with Crippen LogP contribution in [0.2, 0.25) is 0 Å². The van der Waals surface area contributed by atoms with E-state index in [0.29, 0.717) is 4.88 Å². The quantitative estimate of drug-likeness (QED) is 0.811. The number of carboxylic acids is 1. The van der Waals surface area contributed by atoms with Gasteiger partial charge in [0.15, 0.2) is 0 Å². The molecule has 1 amide bonds. The Morgan fingerprint density at radius 2 is 1.88 bits per heavy atom. The van der Waals surface area contributed by atoms with E-state index in [4.69, 9.17) is 9.84 Å². The molecule has 0 bridgehead atoms. The van der Waals surface area contributed by atoms with E-state index in [1.54, 1.807) is 6.07 Å². The number of carboxylic acid groups (broad SMARTS) is 1. The maximum absolute atomic E-state index is 11.9. The van der Waals surface area contributed by atoms with Crippen molar-refractivity contribution in [3.8, 4) is 0 Å². The number of thiophene rings is 1. The molecule has 0 unspecified atom stereocenters. The van der Waals surface area contributed by atoms with Gasteiger partial charge in [-0.25, -0.2) is 9.59 Å². The summed E-state index contributed by atoms with van der Waals surface area (Å²) in [5.41, 5.74) is 0.967. The van der Waals surface area contributed by atoms with Crippen LogP contribution in [0, 0.1) is 0 Å². The molecule has 2 heterocycles. The molecule has 2 N–H and O–H groups in total. The molecule has 0 atom stereocenters. The molecule has 1 saturated heterocycles. The fourth-order valence-corrected chi connectivity index (χ4v) is 3.85. The zero-order valence-electron chi connectivity index (χ0n) is 14.4. The van der Waals surface area contributed by atoms with Crippen LogP contribution in [0.1, 0.15) is 33.0 Å². The summed E-state index contributed by atoms with van der Waals surface area (Å²) in [5.74, 6) is -0.877. The Kier molecular flexibility index (Phi) is 6.25. The van der Waals surface area contributed by atoms with E-state index in [2.05, 4.69) is 10.2 Å². The third-order valence-corrected chi connectivity index (χ3v) is 5.43. The second-order valence-electron chi connectivity index (χ2n) is 6.33. The van der Waals surface area contributed by atoms with E-state index in [-0.39, 0.29) is 18.7 Å². The Bertz CT molecular complexity index is 739. The zero-order chi connectivity index (χ0) is 18.4. The summed E-state index contributed by atoms with van der Waals surface area (Å²) < 4.78 is 5.26. The van der Waals surface area contributed by atoms with Crippen molar-refractivity contribution >= 4 is 23.4 Å². The molecule has 2 aromatic rings. The Labute approximate surface area is 156 Å². The molecule has 0 radical (unpaired) electrons. The van der Waals surface area contributed by atoms with Crippen LogP contribution in [-0.4, -0.2) is 41.2 Å². The highest BCUT2D eigenvalue weighted by molar-refractivity contribution is 7.13. The summed E-state index contributed by atoms with van der Waals surface area (Å²) in [6.07, 6.45) is 1.34. The summed E-state index contributed by atoms with van der Waals surface area (Å²) in [7, 11) is 0. The average molecular weight is 374 g/mol. The molecular weight excluding hydrogens is 352 g/mol. The number of alkyl carbamates (subject to hydrolysis) is 1. The number of ether oxygens (including phenoxy) is 1. The molecule has 1 fully saturated rings. The van der Waals surface area contributed by atoms with Gasteiger partial charge in [0.2, 0.25) is 0 Å². The monoisotopic (exact) mass is 374 g/mol. The van der Waals surface area contributed by atoms with Crippen molar-refractivity contribution in [1.82, 2.24) is 10.2 Å². The Balaban J connectivity index is 1.37.